The molecule has 1 aromatic carbocycles. The minimum Gasteiger partial charge on any atom is -0.318 e. The lowest BCUT2D eigenvalue weighted by molar-refractivity contribution is 0.102. The van der Waals surface area contributed by atoms with Crippen LogP contribution in [0.25, 0.3) is 0 Å². The quantitative estimate of drug-likeness (QED) is 0.234. The van der Waals surface area contributed by atoms with E-state index in [-0.39, 0.29) is 17.4 Å². The summed E-state index contributed by atoms with van der Waals surface area (Å²) in [5, 5.41) is 15.1. The second kappa shape index (κ2) is 8.81. The van der Waals surface area contributed by atoms with Crippen molar-refractivity contribution in [3.8, 4) is 0 Å². The molecule has 0 aliphatic carbocycles. The van der Waals surface area contributed by atoms with Gasteiger partial charge in [-0.2, -0.15) is 15.3 Å². The van der Waals surface area contributed by atoms with Gasteiger partial charge in [0, 0.05) is 24.0 Å². The van der Waals surface area contributed by atoms with Gasteiger partial charge < -0.3 is 5.32 Å². The van der Waals surface area contributed by atoms with E-state index < -0.39 is 41.3 Å². The number of amides is 1. The molecule has 0 aliphatic rings. The van der Waals surface area contributed by atoms with Crippen LogP contribution in [0.3, 0.4) is 0 Å². The van der Waals surface area contributed by atoms with Gasteiger partial charge in [-0.25, -0.2) is 22.2 Å². The van der Waals surface area contributed by atoms with Crippen LogP contribution < -0.4 is 5.32 Å². The maximum atomic E-state index is 13.9. The van der Waals surface area contributed by atoms with Crippen molar-refractivity contribution in [1.29, 1.82) is 0 Å². The number of anilines is 1. The molecule has 0 bridgehead atoms. The van der Waals surface area contributed by atoms with Gasteiger partial charge in [0.25, 0.3) is 5.91 Å². The summed E-state index contributed by atoms with van der Waals surface area (Å²) in [5.74, 6) is -6.79. The van der Waals surface area contributed by atoms with E-state index in [1.807, 2.05) is 13.8 Å². The first-order valence-corrected chi connectivity index (χ1v) is 10.3. The van der Waals surface area contributed by atoms with Crippen LogP contribution in [0.1, 0.15) is 27.4 Å². The van der Waals surface area contributed by atoms with Gasteiger partial charge in [-0.15, -0.1) is 0 Å². The predicted octanol–water partition coefficient (Wildman–Crippen LogP) is 4.02. The SMILES string of the molecule is Cc1nn(Cn2ccc(C(=O)Nc3cnn(Cc4c(F)cc(F)c(F)c4F)c3)n2)c(C)c1Br. The zero-order valence-corrected chi connectivity index (χ0v) is 18.9. The molecule has 8 nitrogen and oxygen atoms in total. The second-order valence-corrected chi connectivity index (χ2v) is 7.99. The summed E-state index contributed by atoms with van der Waals surface area (Å²) >= 11 is 3.45. The Hall–Kier alpha value is -3.48. The number of benzene rings is 1. The molecule has 0 spiro atoms. The van der Waals surface area contributed by atoms with Crippen LogP contribution in [0.15, 0.2) is 35.2 Å². The first kappa shape index (κ1) is 22.7. The zero-order chi connectivity index (χ0) is 23.9. The Morgan fingerprint density at radius 1 is 1.09 bits per heavy atom. The number of hydrogen-bond donors (Lipinski definition) is 1. The molecule has 0 unspecified atom stereocenters. The van der Waals surface area contributed by atoms with Crippen LogP contribution in [0.5, 0.6) is 0 Å². The van der Waals surface area contributed by atoms with E-state index in [1.54, 1.807) is 15.6 Å². The molecule has 13 heteroatoms. The fraction of sp³-hybridized carbons (Fsp3) is 0.200. The van der Waals surface area contributed by atoms with Crippen molar-refractivity contribution in [2.75, 3.05) is 5.32 Å². The Bertz CT molecular complexity index is 1360. The van der Waals surface area contributed by atoms with Gasteiger partial charge in [0.2, 0.25) is 0 Å². The molecular weight excluding hydrogens is 510 g/mol. The third kappa shape index (κ3) is 4.53. The molecule has 0 saturated heterocycles. The Kier molecular flexibility index (Phi) is 6.06. The van der Waals surface area contributed by atoms with Crippen molar-refractivity contribution in [1.82, 2.24) is 29.3 Å². The van der Waals surface area contributed by atoms with Gasteiger partial charge in [-0.1, -0.05) is 0 Å². The molecule has 0 atom stereocenters. The van der Waals surface area contributed by atoms with Gasteiger partial charge >= 0.3 is 0 Å². The smallest absolute Gasteiger partial charge is 0.276 e. The zero-order valence-electron chi connectivity index (χ0n) is 17.3. The highest BCUT2D eigenvalue weighted by Gasteiger charge is 2.20. The van der Waals surface area contributed by atoms with E-state index >= 15 is 0 Å². The molecule has 172 valence electrons. The van der Waals surface area contributed by atoms with Crippen LogP contribution >= 0.6 is 15.9 Å². The molecule has 0 fully saturated rings. The molecule has 4 aromatic rings. The van der Waals surface area contributed by atoms with Gasteiger partial charge in [0.05, 0.1) is 34.3 Å². The van der Waals surface area contributed by atoms with Crippen molar-refractivity contribution in [3.63, 3.8) is 0 Å². The van der Waals surface area contributed by atoms with E-state index in [4.69, 9.17) is 0 Å². The normalized spacial score (nSPS) is 11.2. The van der Waals surface area contributed by atoms with E-state index in [1.165, 1.54) is 18.5 Å². The Morgan fingerprint density at radius 3 is 2.55 bits per heavy atom. The van der Waals surface area contributed by atoms with E-state index in [2.05, 4.69) is 36.5 Å². The molecule has 3 heterocycles. The largest absolute Gasteiger partial charge is 0.318 e. The average molecular weight is 526 g/mol. The Labute approximate surface area is 192 Å². The van der Waals surface area contributed by atoms with Crippen LogP contribution in [0.4, 0.5) is 23.2 Å². The van der Waals surface area contributed by atoms with E-state index in [0.29, 0.717) is 6.67 Å². The lowest BCUT2D eigenvalue weighted by atomic mass is 10.2. The standard InChI is InChI=1S/C20H16BrF4N7O/c1-10-17(21)11(2)32(28-10)9-30-4-3-16(29-30)20(33)27-12-6-26-31(7-12)8-13-14(22)5-15(23)19(25)18(13)24/h3-7H,8-9H2,1-2H3,(H,27,33). The number of rotatable bonds is 6. The number of nitrogens with one attached hydrogen (secondary N) is 1. The maximum absolute atomic E-state index is 13.9. The molecule has 0 saturated carbocycles. The number of carbonyl (C=O) groups excluding carboxylic acids is 1. The monoisotopic (exact) mass is 525 g/mol. The van der Waals surface area contributed by atoms with Crippen molar-refractivity contribution < 1.29 is 22.4 Å². The summed E-state index contributed by atoms with van der Waals surface area (Å²) < 4.78 is 59.5. The summed E-state index contributed by atoms with van der Waals surface area (Å²) in [6.45, 7) is 3.56. The molecule has 3 aromatic heterocycles. The molecule has 4 rings (SSSR count). The summed E-state index contributed by atoms with van der Waals surface area (Å²) in [7, 11) is 0. The van der Waals surface area contributed by atoms with Crippen LogP contribution in [0.2, 0.25) is 0 Å². The third-order valence-corrected chi connectivity index (χ3v) is 6.01. The fourth-order valence-corrected chi connectivity index (χ4v) is 3.42. The van der Waals surface area contributed by atoms with Crippen LogP contribution in [-0.2, 0) is 13.2 Å². The van der Waals surface area contributed by atoms with E-state index in [0.717, 1.165) is 20.5 Å². The lowest BCUT2D eigenvalue weighted by Crippen LogP contribution is -2.15. The third-order valence-electron chi connectivity index (χ3n) is 4.87. The van der Waals surface area contributed by atoms with Gasteiger partial charge in [-0.05, 0) is 35.8 Å². The van der Waals surface area contributed by atoms with Crippen molar-refractivity contribution >= 4 is 27.5 Å². The minimum absolute atomic E-state index is 0.126. The summed E-state index contributed by atoms with van der Waals surface area (Å²) in [6, 6.07) is 1.79. The van der Waals surface area contributed by atoms with Gasteiger partial charge in [0.1, 0.15) is 12.5 Å². The minimum atomic E-state index is -1.77. The van der Waals surface area contributed by atoms with Gasteiger partial charge in [-0.3, -0.25) is 14.2 Å². The highest BCUT2D eigenvalue weighted by atomic mass is 79.9. The second-order valence-electron chi connectivity index (χ2n) is 7.19. The predicted molar refractivity (Wildman–Crippen MR) is 113 cm³/mol. The van der Waals surface area contributed by atoms with Gasteiger partial charge in [0.15, 0.2) is 23.1 Å². The molecule has 0 aliphatic heterocycles. The number of halogens is 5. The van der Waals surface area contributed by atoms with Crippen molar-refractivity contribution in [3.05, 3.63) is 81.1 Å². The average Bonchev–Trinajstić information content (AvgIpc) is 3.48. The first-order valence-electron chi connectivity index (χ1n) is 9.52. The molecule has 33 heavy (non-hydrogen) atoms. The molecule has 1 amide bonds. The number of nitrogens with zero attached hydrogens (tertiary/aromatic N) is 6. The first-order chi connectivity index (χ1) is 15.6. The molecule has 0 radical (unpaired) electrons. The number of aryl methyl sites for hydroxylation is 1. The fourth-order valence-electron chi connectivity index (χ4n) is 3.13. The molecular formula is C20H16BrF4N7O. The van der Waals surface area contributed by atoms with Crippen molar-refractivity contribution in [2.24, 2.45) is 0 Å². The van der Waals surface area contributed by atoms with Crippen LogP contribution in [-0.4, -0.2) is 35.2 Å². The Morgan fingerprint density at radius 2 is 1.85 bits per heavy atom. The number of carbonyl (C=O) groups is 1. The van der Waals surface area contributed by atoms with Crippen LogP contribution in [0, 0.1) is 37.1 Å². The Balaban J connectivity index is 1.43. The topological polar surface area (TPSA) is 82.6 Å². The summed E-state index contributed by atoms with van der Waals surface area (Å²) in [4.78, 5) is 12.5. The highest BCUT2D eigenvalue weighted by Crippen LogP contribution is 2.21. The summed E-state index contributed by atoms with van der Waals surface area (Å²) in [5.41, 5.74) is 1.40. The summed E-state index contributed by atoms with van der Waals surface area (Å²) in [6.07, 6.45) is 4.16. The number of hydrogen-bond acceptors (Lipinski definition) is 4. The van der Waals surface area contributed by atoms with E-state index in [9.17, 15) is 22.4 Å². The van der Waals surface area contributed by atoms with Crippen molar-refractivity contribution in [2.45, 2.75) is 27.1 Å². The highest BCUT2D eigenvalue weighted by molar-refractivity contribution is 9.10. The number of aromatic nitrogens is 6. The maximum Gasteiger partial charge on any atom is 0.276 e. The lowest BCUT2D eigenvalue weighted by Gasteiger charge is -2.07. The molecule has 1 N–H and O–H groups in total.